The van der Waals surface area contributed by atoms with Crippen molar-refractivity contribution in [1.29, 1.82) is 0 Å². The van der Waals surface area contributed by atoms with Crippen molar-refractivity contribution in [2.45, 2.75) is 56.3 Å². The van der Waals surface area contributed by atoms with Crippen molar-refractivity contribution < 1.29 is 29.1 Å². The van der Waals surface area contributed by atoms with Crippen molar-refractivity contribution in [3.63, 3.8) is 0 Å². The fourth-order valence-electron chi connectivity index (χ4n) is 4.59. The fourth-order valence-corrected chi connectivity index (χ4v) is 5.06. The number of nitrogens with zero attached hydrogens (tertiary/aromatic N) is 1. The first-order valence-corrected chi connectivity index (χ1v) is 13.7. The van der Waals surface area contributed by atoms with Crippen LogP contribution in [0.2, 0.25) is 0 Å². The van der Waals surface area contributed by atoms with E-state index >= 15 is 0 Å². The number of fused-ring (bicyclic) bond motifs is 1. The second-order valence-electron chi connectivity index (χ2n) is 9.27. The number of thioether (sulfide) groups is 1. The summed E-state index contributed by atoms with van der Waals surface area (Å²) in [5.41, 5.74) is 13.2. The number of carbonyl (C=O) groups is 5. The number of aromatic amines is 1. The Hall–Kier alpha value is -3.58. The van der Waals surface area contributed by atoms with Crippen molar-refractivity contribution >= 4 is 52.3 Å². The number of aromatic nitrogens is 1. The normalized spacial score (nSPS) is 17.5. The Labute approximate surface area is 224 Å². The maximum Gasteiger partial charge on any atom is 0.326 e. The molecule has 12 nitrogen and oxygen atoms in total. The average Bonchev–Trinajstić information content (AvgIpc) is 3.53. The fraction of sp³-hybridized carbons (Fsp3) is 0.480. The molecular weight excluding hydrogens is 512 g/mol. The van der Waals surface area contributed by atoms with Crippen molar-refractivity contribution in [1.82, 2.24) is 20.5 Å². The van der Waals surface area contributed by atoms with Gasteiger partial charge in [-0.1, -0.05) is 18.2 Å². The molecule has 4 atom stereocenters. The predicted molar refractivity (Wildman–Crippen MR) is 143 cm³/mol. The number of H-pyrrole nitrogens is 1. The molecule has 2 aromatic rings. The maximum atomic E-state index is 13.3. The highest BCUT2D eigenvalue weighted by molar-refractivity contribution is 7.98. The standard InChI is InChI=1S/C25H34N6O6S/c1-38-10-8-18(22(33)30-19(25(36)37)12-21(27)32)29-23(34)20-7-4-9-31(20)24(35)16(26)11-14-13-28-17-6-3-2-5-15(14)17/h2-3,5-6,13,16,18-20,28H,4,7-12,26H2,1H3,(H2,27,32)(H,29,34)(H,30,33)(H,36,37). The number of likely N-dealkylation sites (tertiary alicyclic amines) is 1. The molecule has 38 heavy (non-hydrogen) atoms. The molecule has 206 valence electrons. The molecule has 1 aliphatic heterocycles. The minimum atomic E-state index is -1.51. The molecule has 1 aromatic heterocycles. The minimum absolute atomic E-state index is 0.225. The van der Waals surface area contributed by atoms with E-state index in [-0.39, 0.29) is 12.3 Å². The number of para-hydroxylation sites is 1. The Morgan fingerprint density at radius 1 is 1.18 bits per heavy atom. The summed E-state index contributed by atoms with van der Waals surface area (Å²) in [6.07, 6.45) is 4.60. The van der Waals surface area contributed by atoms with E-state index in [0.717, 1.165) is 16.5 Å². The first kappa shape index (κ1) is 29.0. The molecule has 1 aliphatic rings. The van der Waals surface area contributed by atoms with Gasteiger partial charge in [0.1, 0.15) is 18.1 Å². The summed E-state index contributed by atoms with van der Waals surface area (Å²) in [4.78, 5) is 66.6. The van der Waals surface area contributed by atoms with Crippen LogP contribution < -0.4 is 22.1 Å². The van der Waals surface area contributed by atoms with E-state index in [1.54, 1.807) is 0 Å². The second-order valence-corrected chi connectivity index (χ2v) is 10.3. The molecule has 0 radical (unpaired) electrons. The molecule has 0 bridgehead atoms. The van der Waals surface area contributed by atoms with Gasteiger partial charge in [-0.15, -0.1) is 0 Å². The monoisotopic (exact) mass is 546 g/mol. The lowest BCUT2D eigenvalue weighted by atomic mass is 10.0. The SMILES string of the molecule is CSCCC(NC(=O)C1CCCN1C(=O)C(N)Cc1c[nH]c2ccccc12)C(=O)NC(CC(N)=O)C(=O)O. The molecule has 1 fully saturated rings. The van der Waals surface area contributed by atoms with Crippen LogP contribution in [-0.2, 0) is 30.4 Å². The number of benzene rings is 1. The van der Waals surface area contributed by atoms with Gasteiger partial charge >= 0.3 is 5.97 Å². The summed E-state index contributed by atoms with van der Waals surface area (Å²) >= 11 is 1.45. The van der Waals surface area contributed by atoms with E-state index in [1.165, 1.54) is 16.7 Å². The quantitative estimate of drug-likeness (QED) is 0.197. The Kier molecular flexibility index (Phi) is 10.1. The van der Waals surface area contributed by atoms with Gasteiger partial charge in [0.15, 0.2) is 0 Å². The number of hydrogen-bond donors (Lipinski definition) is 6. The highest BCUT2D eigenvalue weighted by Crippen LogP contribution is 2.22. The zero-order valence-electron chi connectivity index (χ0n) is 21.1. The van der Waals surface area contributed by atoms with Crippen molar-refractivity contribution in [3.8, 4) is 0 Å². The summed E-state index contributed by atoms with van der Waals surface area (Å²) in [5, 5.41) is 15.2. The van der Waals surface area contributed by atoms with Crippen LogP contribution in [0.5, 0.6) is 0 Å². The van der Waals surface area contributed by atoms with Crippen LogP contribution in [0.4, 0.5) is 0 Å². The zero-order valence-corrected chi connectivity index (χ0v) is 22.0. The molecular formula is C25H34N6O6S. The maximum absolute atomic E-state index is 13.3. The van der Waals surface area contributed by atoms with Crippen LogP contribution >= 0.6 is 11.8 Å². The van der Waals surface area contributed by atoms with Crippen molar-refractivity contribution in [3.05, 3.63) is 36.0 Å². The molecule has 1 aromatic carbocycles. The van der Waals surface area contributed by atoms with Gasteiger partial charge in [0.25, 0.3) is 0 Å². The highest BCUT2D eigenvalue weighted by atomic mass is 32.2. The first-order chi connectivity index (χ1) is 18.1. The van der Waals surface area contributed by atoms with Crippen molar-refractivity contribution in [2.75, 3.05) is 18.6 Å². The van der Waals surface area contributed by atoms with E-state index in [2.05, 4.69) is 15.6 Å². The number of aliphatic carboxylic acids is 1. The number of hydrogen-bond acceptors (Lipinski definition) is 7. The molecule has 3 rings (SSSR count). The summed E-state index contributed by atoms with van der Waals surface area (Å²) in [6.45, 7) is 0.361. The highest BCUT2D eigenvalue weighted by Gasteiger charge is 2.38. The van der Waals surface area contributed by atoms with Gasteiger partial charge in [-0.05, 0) is 49.3 Å². The van der Waals surface area contributed by atoms with Crippen LogP contribution in [-0.4, -0.2) is 87.3 Å². The number of carboxylic acids is 1. The third-order valence-corrected chi connectivity index (χ3v) is 7.18. The number of nitrogens with two attached hydrogens (primary N) is 2. The molecule has 2 heterocycles. The van der Waals surface area contributed by atoms with E-state index in [0.29, 0.717) is 31.6 Å². The number of nitrogens with one attached hydrogen (secondary N) is 3. The molecule has 4 amide bonds. The molecule has 0 spiro atoms. The van der Waals surface area contributed by atoms with E-state index in [9.17, 15) is 29.1 Å². The molecule has 13 heteroatoms. The second kappa shape index (κ2) is 13.3. The summed E-state index contributed by atoms with van der Waals surface area (Å²) < 4.78 is 0. The van der Waals surface area contributed by atoms with E-state index in [4.69, 9.17) is 11.5 Å². The predicted octanol–water partition coefficient (Wildman–Crippen LogP) is -0.289. The lowest BCUT2D eigenvalue weighted by molar-refractivity contribution is -0.144. The number of carbonyl (C=O) groups excluding carboxylic acids is 4. The lowest BCUT2D eigenvalue weighted by Gasteiger charge is -2.28. The summed E-state index contributed by atoms with van der Waals surface area (Å²) in [6, 6.07) is 3.47. The Balaban J connectivity index is 1.67. The Morgan fingerprint density at radius 3 is 2.61 bits per heavy atom. The number of primary amides is 1. The van der Waals surface area contributed by atoms with Gasteiger partial charge in [0, 0.05) is 23.6 Å². The molecule has 4 unspecified atom stereocenters. The van der Waals surface area contributed by atoms with Crippen LogP contribution in [0.25, 0.3) is 10.9 Å². The Bertz CT molecular complexity index is 1190. The number of rotatable bonds is 13. The van der Waals surface area contributed by atoms with Crippen LogP contribution in [0.15, 0.2) is 30.5 Å². The smallest absolute Gasteiger partial charge is 0.326 e. The topological polar surface area (TPSA) is 201 Å². The first-order valence-electron chi connectivity index (χ1n) is 12.3. The number of amides is 4. The van der Waals surface area contributed by atoms with Gasteiger partial charge in [-0.3, -0.25) is 19.2 Å². The van der Waals surface area contributed by atoms with Gasteiger partial charge in [-0.2, -0.15) is 11.8 Å². The molecule has 8 N–H and O–H groups in total. The van der Waals surface area contributed by atoms with Gasteiger partial charge < -0.3 is 37.1 Å². The van der Waals surface area contributed by atoms with Gasteiger partial charge in [0.2, 0.25) is 23.6 Å². The molecule has 1 saturated heterocycles. The molecule has 0 aliphatic carbocycles. The van der Waals surface area contributed by atoms with Gasteiger partial charge in [-0.25, -0.2) is 4.79 Å². The zero-order chi connectivity index (χ0) is 27.8. The van der Waals surface area contributed by atoms with Crippen LogP contribution in [0.1, 0.15) is 31.2 Å². The Morgan fingerprint density at radius 2 is 1.92 bits per heavy atom. The van der Waals surface area contributed by atoms with Crippen LogP contribution in [0, 0.1) is 0 Å². The average molecular weight is 547 g/mol. The van der Waals surface area contributed by atoms with Crippen molar-refractivity contribution in [2.24, 2.45) is 11.5 Å². The lowest BCUT2D eigenvalue weighted by Crippen LogP contribution is -2.57. The van der Waals surface area contributed by atoms with E-state index < -0.39 is 54.3 Å². The third-order valence-electron chi connectivity index (χ3n) is 6.53. The molecule has 0 saturated carbocycles. The van der Waals surface area contributed by atoms with E-state index in [1.807, 2.05) is 36.7 Å². The third kappa shape index (κ3) is 7.25. The summed E-state index contributed by atoms with van der Waals surface area (Å²) in [7, 11) is 0. The van der Waals surface area contributed by atoms with Crippen LogP contribution in [0.3, 0.4) is 0 Å². The van der Waals surface area contributed by atoms with Gasteiger partial charge in [0.05, 0.1) is 12.5 Å². The minimum Gasteiger partial charge on any atom is -0.480 e. The largest absolute Gasteiger partial charge is 0.480 e. The summed E-state index contributed by atoms with van der Waals surface area (Å²) in [5.74, 6) is -3.40. The number of carboxylic acid groups (broad SMARTS) is 1.